The summed E-state index contributed by atoms with van der Waals surface area (Å²) in [5, 5.41) is 2.63. The van der Waals surface area contributed by atoms with Crippen molar-refractivity contribution in [1.29, 1.82) is 0 Å². The van der Waals surface area contributed by atoms with Crippen LogP contribution in [0.15, 0.2) is 41.5 Å². The van der Waals surface area contributed by atoms with Crippen LogP contribution in [0.25, 0.3) is 5.03 Å². The van der Waals surface area contributed by atoms with Crippen molar-refractivity contribution in [3.63, 3.8) is 0 Å². The monoisotopic (exact) mass is 238 g/mol. The van der Waals surface area contributed by atoms with E-state index in [0.29, 0.717) is 5.03 Å². The van der Waals surface area contributed by atoms with Gasteiger partial charge in [0, 0.05) is 11.0 Å². The van der Waals surface area contributed by atoms with Crippen molar-refractivity contribution in [2.75, 3.05) is 5.75 Å². The smallest absolute Gasteiger partial charge is 0.0902 e. The molecule has 2 heteroatoms. The van der Waals surface area contributed by atoms with E-state index < -0.39 is 0 Å². The van der Waals surface area contributed by atoms with Crippen LogP contribution in [0.3, 0.4) is 0 Å². The number of hydrogen-bond donors (Lipinski definition) is 0. The Morgan fingerprint density at radius 1 is 1.40 bits per heavy atom. The largest absolute Gasteiger partial charge is 0.126 e. The molecular weight excluding hydrogens is 224 g/mol. The molecule has 0 heterocycles. The molecule has 0 aliphatic rings. The predicted octanol–water partition coefficient (Wildman–Crippen LogP) is 4.91. The molecule has 0 saturated heterocycles. The van der Waals surface area contributed by atoms with E-state index in [1.807, 2.05) is 35.7 Å². The minimum absolute atomic E-state index is 0.680. The molecule has 1 aromatic carbocycles. The standard InChI is InChI=1S/C13H15ClS/c1-2-3-10-15-11-9-13(14)12-7-5-4-6-8-12/h4-8,11H,2-3,10H2,1H3. The van der Waals surface area contributed by atoms with Crippen molar-refractivity contribution in [3.8, 4) is 0 Å². The molecule has 0 N–H and O–H groups in total. The minimum atomic E-state index is 0.680. The highest BCUT2D eigenvalue weighted by Gasteiger charge is 1.92. The van der Waals surface area contributed by atoms with Crippen LogP contribution in [0.4, 0.5) is 0 Å². The van der Waals surface area contributed by atoms with E-state index in [0.717, 1.165) is 11.3 Å². The normalized spacial score (nSPS) is 9.47. The first-order chi connectivity index (χ1) is 7.34. The van der Waals surface area contributed by atoms with Gasteiger partial charge in [-0.1, -0.05) is 61.0 Å². The second kappa shape index (κ2) is 7.64. The summed E-state index contributed by atoms with van der Waals surface area (Å²) in [6, 6.07) is 9.90. The molecule has 0 nitrogen and oxygen atoms in total. The van der Waals surface area contributed by atoms with Gasteiger partial charge in [0.2, 0.25) is 0 Å². The third-order valence-electron chi connectivity index (χ3n) is 1.91. The molecule has 0 radical (unpaired) electrons. The lowest BCUT2D eigenvalue weighted by Gasteiger charge is -1.94. The number of halogens is 1. The Morgan fingerprint density at radius 2 is 2.13 bits per heavy atom. The van der Waals surface area contributed by atoms with Crippen LogP contribution in [-0.4, -0.2) is 5.75 Å². The summed E-state index contributed by atoms with van der Waals surface area (Å²) < 4.78 is 0. The molecule has 0 spiro atoms. The SMILES string of the molecule is CCCCSC=C=C(Cl)c1ccccc1. The van der Waals surface area contributed by atoms with Crippen LogP contribution in [0.5, 0.6) is 0 Å². The first-order valence-corrected chi connectivity index (χ1v) is 6.55. The Labute approximate surface area is 101 Å². The van der Waals surface area contributed by atoms with Gasteiger partial charge in [-0.05, 0) is 12.2 Å². The third-order valence-corrected chi connectivity index (χ3v) is 3.05. The van der Waals surface area contributed by atoms with E-state index in [2.05, 4.69) is 12.7 Å². The molecule has 15 heavy (non-hydrogen) atoms. The van der Waals surface area contributed by atoms with Crippen molar-refractivity contribution < 1.29 is 0 Å². The van der Waals surface area contributed by atoms with Gasteiger partial charge in [-0.2, -0.15) is 0 Å². The first-order valence-electron chi connectivity index (χ1n) is 5.12. The van der Waals surface area contributed by atoms with Gasteiger partial charge in [0.25, 0.3) is 0 Å². The lowest BCUT2D eigenvalue weighted by molar-refractivity contribution is 0.898. The zero-order valence-electron chi connectivity index (χ0n) is 8.87. The van der Waals surface area contributed by atoms with E-state index in [9.17, 15) is 0 Å². The quantitative estimate of drug-likeness (QED) is 0.519. The maximum absolute atomic E-state index is 6.08. The van der Waals surface area contributed by atoms with Crippen LogP contribution < -0.4 is 0 Å². The van der Waals surface area contributed by atoms with Crippen LogP contribution in [0, 0.1) is 0 Å². The molecule has 80 valence electrons. The summed E-state index contributed by atoms with van der Waals surface area (Å²) in [5.41, 5.74) is 4.10. The Hall–Kier alpha value is -0.620. The molecule has 0 saturated carbocycles. The highest BCUT2D eigenvalue weighted by Crippen LogP contribution is 2.17. The van der Waals surface area contributed by atoms with Crippen molar-refractivity contribution in [1.82, 2.24) is 0 Å². The molecule has 0 amide bonds. The fourth-order valence-corrected chi connectivity index (χ4v) is 2.07. The van der Waals surface area contributed by atoms with Crippen molar-refractivity contribution >= 4 is 28.4 Å². The second-order valence-electron chi connectivity index (χ2n) is 3.17. The van der Waals surface area contributed by atoms with E-state index >= 15 is 0 Å². The molecule has 0 aliphatic heterocycles. The topological polar surface area (TPSA) is 0 Å². The number of hydrogen-bond acceptors (Lipinski definition) is 1. The van der Waals surface area contributed by atoms with Crippen LogP contribution in [0.1, 0.15) is 25.3 Å². The van der Waals surface area contributed by atoms with E-state index in [1.54, 1.807) is 11.8 Å². The number of rotatable bonds is 5. The molecule has 0 fully saturated rings. The molecular formula is C13H15ClS. The average Bonchev–Trinajstić information content (AvgIpc) is 2.30. The van der Waals surface area contributed by atoms with Gasteiger partial charge in [-0.3, -0.25) is 0 Å². The predicted molar refractivity (Wildman–Crippen MR) is 71.2 cm³/mol. The Bertz CT molecular complexity index is 337. The molecule has 0 unspecified atom stereocenters. The van der Waals surface area contributed by atoms with E-state index in [-0.39, 0.29) is 0 Å². The summed E-state index contributed by atoms with van der Waals surface area (Å²) in [7, 11) is 0. The zero-order chi connectivity index (χ0) is 10.9. The highest BCUT2D eigenvalue weighted by molar-refractivity contribution is 8.02. The van der Waals surface area contributed by atoms with Crippen molar-refractivity contribution in [2.24, 2.45) is 0 Å². The molecule has 0 aliphatic carbocycles. The summed E-state index contributed by atoms with van der Waals surface area (Å²) >= 11 is 7.84. The lowest BCUT2D eigenvalue weighted by atomic mass is 10.2. The summed E-state index contributed by atoms with van der Waals surface area (Å²) in [4.78, 5) is 0. The van der Waals surface area contributed by atoms with Gasteiger partial charge in [0.15, 0.2) is 0 Å². The van der Waals surface area contributed by atoms with Crippen molar-refractivity contribution in [2.45, 2.75) is 19.8 Å². The van der Waals surface area contributed by atoms with Gasteiger partial charge in [-0.25, -0.2) is 0 Å². The number of unbranched alkanes of at least 4 members (excludes halogenated alkanes) is 1. The molecule has 1 aromatic rings. The van der Waals surface area contributed by atoms with E-state index in [4.69, 9.17) is 11.6 Å². The van der Waals surface area contributed by atoms with Crippen LogP contribution in [0.2, 0.25) is 0 Å². The zero-order valence-corrected chi connectivity index (χ0v) is 10.4. The maximum Gasteiger partial charge on any atom is 0.0902 e. The molecule has 1 rings (SSSR count). The third kappa shape index (κ3) is 5.13. The average molecular weight is 239 g/mol. The summed E-state index contributed by atoms with van der Waals surface area (Å²) in [5.74, 6) is 1.14. The van der Waals surface area contributed by atoms with Gasteiger partial charge >= 0.3 is 0 Å². The highest BCUT2D eigenvalue weighted by atomic mass is 35.5. The number of benzene rings is 1. The number of thioether (sulfide) groups is 1. The maximum atomic E-state index is 6.08. The van der Waals surface area contributed by atoms with Crippen LogP contribution in [-0.2, 0) is 0 Å². The molecule has 0 atom stereocenters. The van der Waals surface area contributed by atoms with Gasteiger partial charge < -0.3 is 0 Å². The minimum Gasteiger partial charge on any atom is -0.126 e. The summed E-state index contributed by atoms with van der Waals surface area (Å²) in [6.45, 7) is 2.19. The van der Waals surface area contributed by atoms with Crippen LogP contribution >= 0.6 is 23.4 Å². The van der Waals surface area contributed by atoms with Gasteiger partial charge in [0.05, 0.1) is 5.03 Å². The molecule has 0 bridgehead atoms. The van der Waals surface area contributed by atoms with Gasteiger partial charge in [-0.15, -0.1) is 11.8 Å². The summed E-state index contributed by atoms with van der Waals surface area (Å²) in [6.07, 6.45) is 2.47. The Kier molecular flexibility index (Phi) is 6.34. The van der Waals surface area contributed by atoms with E-state index in [1.165, 1.54) is 12.8 Å². The molecule has 0 aromatic heterocycles. The Morgan fingerprint density at radius 3 is 2.80 bits per heavy atom. The fourth-order valence-electron chi connectivity index (χ4n) is 1.05. The van der Waals surface area contributed by atoms with Crippen molar-refractivity contribution in [3.05, 3.63) is 47.0 Å². The lowest BCUT2D eigenvalue weighted by Crippen LogP contribution is -1.73. The van der Waals surface area contributed by atoms with Gasteiger partial charge in [0.1, 0.15) is 0 Å². The first kappa shape index (κ1) is 12.4. The second-order valence-corrected chi connectivity index (χ2v) is 4.52. The Balaban J connectivity index is 2.52. The fraction of sp³-hybridized carbons (Fsp3) is 0.308.